The van der Waals surface area contributed by atoms with Gasteiger partial charge in [-0.05, 0) is 56.2 Å². The number of ether oxygens (including phenoxy) is 1. The molecule has 0 bridgehead atoms. The number of H-pyrrole nitrogens is 1. The van der Waals surface area contributed by atoms with Crippen molar-refractivity contribution in [2.24, 2.45) is 0 Å². The van der Waals surface area contributed by atoms with E-state index < -0.39 is 0 Å². The summed E-state index contributed by atoms with van der Waals surface area (Å²) in [5.74, 6) is 0. The number of pyridine rings is 1. The minimum atomic E-state index is 0.0511. The highest BCUT2D eigenvalue weighted by molar-refractivity contribution is 7.80. The summed E-state index contributed by atoms with van der Waals surface area (Å²) in [6, 6.07) is 8.42. The molecule has 0 unspecified atom stereocenters. The van der Waals surface area contributed by atoms with Crippen LogP contribution in [0.25, 0.3) is 0 Å². The van der Waals surface area contributed by atoms with Crippen LogP contribution in [-0.4, -0.2) is 40.2 Å². The van der Waals surface area contributed by atoms with Gasteiger partial charge in [-0.15, -0.1) is 0 Å². The summed E-state index contributed by atoms with van der Waals surface area (Å²) in [4.78, 5) is 10.2. The summed E-state index contributed by atoms with van der Waals surface area (Å²) in [7, 11) is 1.73. The number of nitrogens with one attached hydrogen (secondary N) is 2. The van der Waals surface area contributed by atoms with E-state index in [1.165, 1.54) is 11.3 Å². The van der Waals surface area contributed by atoms with E-state index >= 15 is 0 Å². The highest BCUT2D eigenvalue weighted by atomic mass is 32.1. The Morgan fingerprint density at radius 1 is 1.33 bits per heavy atom. The lowest BCUT2D eigenvalue weighted by atomic mass is 9.97. The van der Waals surface area contributed by atoms with Crippen molar-refractivity contribution < 1.29 is 4.74 Å². The van der Waals surface area contributed by atoms with E-state index in [1.54, 1.807) is 7.11 Å². The van der Waals surface area contributed by atoms with Crippen LogP contribution in [-0.2, 0) is 4.74 Å². The molecule has 0 amide bonds. The Labute approximate surface area is 148 Å². The smallest absolute Gasteiger partial charge is 0.170 e. The number of aromatic amines is 1. The second-order valence-electron chi connectivity index (χ2n) is 6.20. The van der Waals surface area contributed by atoms with E-state index in [0.717, 1.165) is 36.1 Å². The Morgan fingerprint density at radius 3 is 2.79 bits per heavy atom. The third-order valence-corrected chi connectivity index (χ3v) is 4.81. The maximum absolute atomic E-state index is 5.63. The molecule has 1 aliphatic rings. The molecule has 2 aromatic heterocycles. The SMILES string of the molecule is COCCCN1C(=S)N[C@H](c2ccccn2)[C@@H]1c1cc(C)[nH]c1C. The minimum Gasteiger partial charge on any atom is -0.385 e. The average molecular weight is 344 g/mol. The predicted octanol–water partition coefficient (Wildman–Crippen LogP) is 3.04. The number of rotatable bonds is 6. The molecular weight excluding hydrogens is 320 g/mol. The van der Waals surface area contributed by atoms with Crippen molar-refractivity contribution in [2.45, 2.75) is 32.4 Å². The first kappa shape index (κ1) is 16.9. The fourth-order valence-corrected chi connectivity index (χ4v) is 3.75. The van der Waals surface area contributed by atoms with Gasteiger partial charge in [0, 0.05) is 37.8 Å². The van der Waals surface area contributed by atoms with E-state index in [9.17, 15) is 0 Å². The Balaban J connectivity index is 1.96. The van der Waals surface area contributed by atoms with E-state index in [4.69, 9.17) is 17.0 Å². The van der Waals surface area contributed by atoms with Crippen molar-refractivity contribution in [1.82, 2.24) is 20.2 Å². The van der Waals surface area contributed by atoms with Gasteiger partial charge in [0.15, 0.2) is 5.11 Å². The van der Waals surface area contributed by atoms with Crippen LogP contribution in [0.5, 0.6) is 0 Å². The van der Waals surface area contributed by atoms with Gasteiger partial charge in [-0.3, -0.25) is 4.98 Å². The molecule has 1 fully saturated rings. The molecule has 24 heavy (non-hydrogen) atoms. The molecule has 0 spiro atoms. The van der Waals surface area contributed by atoms with Gasteiger partial charge in [0.05, 0.1) is 17.8 Å². The topological polar surface area (TPSA) is 53.2 Å². The van der Waals surface area contributed by atoms with Crippen LogP contribution in [0.4, 0.5) is 0 Å². The molecule has 0 saturated carbocycles. The van der Waals surface area contributed by atoms with Crippen molar-refractivity contribution >= 4 is 17.3 Å². The van der Waals surface area contributed by atoms with Gasteiger partial charge in [0.1, 0.15) is 0 Å². The monoisotopic (exact) mass is 344 g/mol. The van der Waals surface area contributed by atoms with Crippen molar-refractivity contribution in [3.05, 3.63) is 53.1 Å². The second-order valence-corrected chi connectivity index (χ2v) is 6.59. The van der Waals surface area contributed by atoms with Gasteiger partial charge in [-0.2, -0.15) is 0 Å². The maximum atomic E-state index is 5.63. The summed E-state index contributed by atoms with van der Waals surface area (Å²) in [5, 5.41) is 4.25. The molecule has 1 aliphatic heterocycles. The molecule has 2 N–H and O–H groups in total. The summed E-state index contributed by atoms with van der Waals surface area (Å²) >= 11 is 5.63. The van der Waals surface area contributed by atoms with Crippen LogP contribution in [0.15, 0.2) is 30.5 Å². The molecule has 3 rings (SSSR count). The van der Waals surface area contributed by atoms with Crippen LogP contribution in [0, 0.1) is 13.8 Å². The largest absolute Gasteiger partial charge is 0.385 e. The predicted molar refractivity (Wildman–Crippen MR) is 98.9 cm³/mol. The minimum absolute atomic E-state index is 0.0511. The van der Waals surface area contributed by atoms with E-state index in [0.29, 0.717) is 0 Å². The Morgan fingerprint density at radius 2 is 2.17 bits per heavy atom. The molecule has 2 atom stereocenters. The van der Waals surface area contributed by atoms with Gasteiger partial charge in [0.25, 0.3) is 0 Å². The lowest BCUT2D eigenvalue weighted by molar-refractivity contribution is 0.180. The fourth-order valence-electron chi connectivity index (χ4n) is 3.42. The molecule has 3 heterocycles. The third-order valence-electron chi connectivity index (χ3n) is 4.45. The number of aryl methyl sites for hydroxylation is 2. The molecule has 1 saturated heterocycles. The van der Waals surface area contributed by atoms with Gasteiger partial charge in [0.2, 0.25) is 0 Å². The number of hydrogen-bond acceptors (Lipinski definition) is 3. The van der Waals surface area contributed by atoms with Gasteiger partial charge in [-0.1, -0.05) is 6.07 Å². The van der Waals surface area contributed by atoms with Gasteiger partial charge >= 0.3 is 0 Å². The fraction of sp³-hybridized carbons (Fsp3) is 0.444. The Kier molecular flexibility index (Phi) is 5.16. The van der Waals surface area contributed by atoms with E-state index in [2.05, 4.69) is 46.2 Å². The highest BCUT2D eigenvalue weighted by Gasteiger charge is 2.40. The van der Waals surface area contributed by atoms with Crippen molar-refractivity contribution in [1.29, 1.82) is 0 Å². The Hall–Kier alpha value is -1.92. The zero-order chi connectivity index (χ0) is 17.1. The number of methoxy groups -OCH3 is 1. The number of nitrogens with zero attached hydrogens (tertiary/aromatic N) is 2. The third kappa shape index (κ3) is 3.30. The average Bonchev–Trinajstić information content (AvgIpc) is 3.07. The molecule has 0 aliphatic carbocycles. The number of hydrogen-bond donors (Lipinski definition) is 2. The zero-order valence-electron chi connectivity index (χ0n) is 14.4. The molecule has 0 radical (unpaired) electrons. The molecule has 5 nitrogen and oxygen atoms in total. The van der Waals surface area contributed by atoms with Crippen molar-refractivity contribution in [3.8, 4) is 0 Å². The van der Waals surface area contributed by atoms with Crippen LogP contribution >= 0.6 is 12.2 Å². The molecule has 6 heteroatoms. The maximum Gasteiger partial charge on any atom is 0.170 e. The summed E-state index contributed by atoms with van der Waals surface area (Å²) < 4.78 is 5.21. The molecular formula is C18H24N4OS. The molecule has 0 aromatic carbocycles. The van der Waals surface area contributed by atoms with Crippen LogP contribution in [0.3, 0.4) is 0 Å². The van der Waals surface area contributed by atoms with Crippen molar-refractivity contribution in [2.75, 3.05) is 20.3 Å². The first-order valence-corrected chi connectivity index (χ1v) is 8.65. The lowest BCUT2D eigenvalue weighted by Gasteiger charge is -2.27. The van der Waals surface area contributed by atoms with E-state index in [1.807, 2.05) is 18.3 Å². The second kappa shape index (κ2) is 7.32. The lowest BCUT2D eigenvalue weighted by Crippen LogP contribution is -2.31. The first-order chi connectivity index (χ1) is 11.6. The van der Waals surface area contributed by atoms with E-state index in [-0.39, 0.29) is 12.1 Å². The quantitative estimate of drug-likeness (QED) is 0.623. The zero-order valence-corrected chi connectivity index (χ0v) is 15.2. The molecule has 2 aromatic rings. The normalized spacial score (nSPS) is 20.5. The standard InChI is InChI=1S/C18H24N4OS/c1-12-11-14(13(2)20-12)17-16(15-7-4-5-8-19-15)21-18(24)22(17)9-6-10-23-3/h4-5,7-8,11,16-17,20H,6,9-10H2,1-3H3,(H,21,24)/t16-,17+/m1/s1. The number of aromatic nitrogens is 2. The summed E-state index contributed by atoms with van der Waals surface area (Å²) in [5.41, 5.74) is 4.63. The van der Waals surface area contributed by atoms with Crippen LogP contribution in [0.2, 0.25) is 0 Å². The van der Waals surface area contributed by atoms with Gasteiger partial charge in [-0.25, -0.2) is 0 Å². The van der Waals surface area contributed by atoms with Crippen molar-refractivity contribution in [3.63, 3.8) is 0 Å². The summed E-state index contributed by atoms with van der Waals surface area (Å²) in [6.07, 6.45) is 2.77. The van der Waals surface area contributed by atoms with Crippen LogP contribution < -0.4 is 5.32 Å². The van der Waals surface area contributed by atoms with Gasteiger partial charge < -0.3 is 19.9 Å². The number of thiocarbonyl (C=S) groups is 1. The van der Waals surface area contributed by atoms with Crippen LogP contribution in [0.1, 0.15) is 41.1 Å². The highest BCUT2D eigenvalue weighted by Crippen LogP contribution is 2.40. The molecule has 128 valence electrons. The Bertz CT molecular complexity index is 700. The summed E-state index contributed by atoms with van der Waals surface area (Å²) in [6.45, 7) is 5.79. The first-order valence-electron chi connectivity index (χ1n) is 8.25.